The van der Waals surface area contributed by atoms with E-state index in [-0.39, 0.29) is 25.7 Å². The number of carbonyl (C=O) groups is 1. The van der Waals surface area contributed by atoms with Crippen LogP contribution in [-0.2, 0) is 4.79 Å². The molecule has 1 aromatic heterocycles. The first-order valence-corrected chi connectivity index (χ1v) is 11.5. The Kier molecular flexibility index (Phi) is 8.93. The molecular formula is C24H35ClN2O5. The van der Waals surface area contributed by atoms with Gasteiger partial charge in [-0.2, -0.15) is 0 Å². The van der Waals surface area contributed by atoms with Crippen molar-refractivity contribution >= 4 is 22.6 Å². The molecule has 178 valence electrons. The molecule has 0 radical (unpaired) electrons. The van der Waals surface area contributed by atoms with Crippen LogP contribution in [-0.4, -0.2) is 51.3 Å². The van der Waals surface area contributed by atoms with E-state index in [2.05, 4.69) is 10.2 Å². The van der Waals surface area contributed by atoms with Crippen LogP contribution in [0.5, 0.6) is 17.2 Å². The van der Waals surface area contributed by atoms with Crippen molar-refractivity contribution in [3.05, 3.63) is 12.3 Å². The zero-order valence-corrected chi connectivity index (χ0v) is 19.8. The van der Waals surface area contributed by atoms with Gasteiger partial charge in [0.05, 0.1) is 25.9 Å². The predicted octanol–water partition coefficient (Wildman–Crippen LogP) is 1.95. The summed E-state index contributed by atoms with van der Waals surface area (Å²) in [6, 6.07) is 1.82. The first-order chi connectivity index (χ1) is 15.2. The van der Waals surface area contributed by atoms with Gasteiger partial charge in [-0.25, -0.2) is 0 Å². The number of likely N-dealkylation sites (tertiary alicyclic amines) is 1. The van der Waals surface area contributed by atoms with Gasteiger partial charge < -0.3 is 36.4 Å². The van der Waals surface area contributed by atoms with E-state index in [0.29, 0.717) is 35.1 Å². The van der Waals surface area contributed by atoms with Crippen LogP contribution >= 0.6 is 0 Å². The number of carbonyl (C=O) groups excluding carboxylic acids is 1. The van der Waals surface area contributed by atoms with E-state index in [1.165, 1.54) is 25.7 Å². The minimum absolute atomic E-state index is 0. The second-order valence-electron chi connectivity index (χ2n) is 8.51. The van der Waals surface area contributed by atoms with E-state index < -0.39 is 0 Å². The van der Waals surface area contributed by atoms with Gasteiger partial charge in [0.25, 0.3) is 0 Å². The first-order valence-electron chi connectivity index (χ1n) is 11.5. The summed E-state index contributed by atoms with van der Waals surface area (Å²) in [5.74, 6) is 1.54. The summed E-state index contributed by atoms with van der Waals surface area (Å²) in [6.45, 7) is 3.54. The van der Waals surface area contributed by atoms with Crippen molar-refractivity contribution in [2.45, 2.75) is 51.4 Å². The number of amides is 1. The zero-order chi connectivity index (χ0) is 21.6. The molecule has 2 aromatic rings. The Morgan fingerprint density at radius 3 is 2.44 bits per heavy atom. The third-order valence-electron chi connectivity index (χ3n) is 6.51. The summed E-state index contributed by atoms with van der Waals surface area (Å²) in [5, 5.41) is 3.87. The van der Waals surface area contributed by atoms with Crippen LogP contribution in [0.4, 0.5) is 5.69 Å². The van der Waals surface area contributed by atoms with Crippen LogP contribution < -0.4 is 31.9 Å². The highest BCUT2D eigenvalue weighted by Gasteiger charge is 2.29. The van der Waals surface area contributed by atoms with Gasteiger partial charge in [-0.05, 0) is 44.8 Å². The number of furan rings is 1. The highest BCUT2D eigenvalue weighted by molar-refractivity contribution is 6.04. The molecule has 1 amide bonds. The zero-order valence-electron chi connectivity index (χ0n) is 20.1. The third kappa shape index (κ3) is 5.26. The lowest BCUT2D eigenvalue weighted by Gasteiger charge is -2.27. The summed E-state index contributed by atoms with van der Waals surface area (Å²) in [7, 11) is 3.19. The van der Waals surface area contributed by atoms with Crippen molar-refractivity contribution < 1.29 is 37.3 Å². The Morgan fingerprint density at radius 2 is 1.75 bits per heavy atom. The van der Waals surface area contributed by atoms with Crippen molar-refractivity contribution in [1.82, 2.24) is 4.90 Å². The maximum absolute atomic E-state index is 13.1. The lowest BCUT2D eigenvalue weighted by Crippen LogP contribution is -3.00. The fraction of sp³-hybridized carbons (Fsp3) is 0.625. The predicted molar refractivity (Wildman–Crippen MR) is 121 cm³/mol. The smallest absolute Gasteiger partial charge is 1.00 e. The normalized spacial score (nSPS) is 17.6. The molecule has 2 fully saturated rings. The quantitative estimate of drug-likeness (QED) is 0.641. The third-order valence-corrected chi connectivity index (χ3v) is 6.51. The monoisotopic (exact) mass is 466 g/mol. The van der Waals surface area contributed by atoms with E-state index in [4.69, 9.17) is 18.6 Å². The van der Waals surface area contributed by atoms with Crippen LogP contribution in [0.15, 0.2) is 16.7 Å². The van der Waals surface area contributed by atoms with Gasteiger partial charge in [-0.1, -0.05) is 25.7 Å². The molecule has 1 aliphatic heterocycles. The minimum atomic E-state index is 0. The Balaban J connectivity index is 0.00000193. The molecular weight excluding hydrogens is 432 g/mol. The lowest BCUT2D eigenvalue weighted by atomic mass is 9.88. The maximum atomic E-state index is 13.1. The first kappa shape index (κ1) is 24.5. The number of hydrogen-bond donors (Lipinski definition) is 1. The highest BCUT2D eigenvalue weighted by Crippen LogP contribution is 2.50. The number of piperidine rings is 1. The van der Waals surface area contributed by atoms with E-state index in [1.54, 1.807) is 20.5 Å². The molecule has 2 heterocycles. The number of anilines is 1. The largest absolute Gasteiger partial charge is 1.00 e. The number of benzene rings is 1. The molecule has 1 saturated heterocycles. The van der Waals surface area contributed by atoms with E-state index in [1.807, 2.05) is 6.07 Å². The highest BCUT2D eigenvalue weighted by atomic mass is 35.5. The number of ether oxygens (including phenoxy) is 3. The molecule has 1 saturated carbocycles. The van der Waals surface area contributed by atoms with E-state index >= 15 is 0 Å². The standard InChI is InChI=1S/C24H34N2O5.ClH/c1-28-20-18-11-15-30-21(18)23(29-2)22(31-16-14-26-12-7-4-8-13-26)19(20)25-24(27)17-9-5-3-6-10-17;/h11,15,17H,3-10,12-14,16H2,1-2H3,(H,25,27);1H. The van der Waals surface area contributed by atoms with Crippen LogP contribution in [0.25, 0.3) is 11.0 Å². The van der Waals surface area contributed by atoms with Gasteiger partial charge in [0.15, 0.2) is 17.1 Å². The fourth-order valence-corrected chi connectivity index (χ4v) is 4.82. The van der Waals surface area contributed by atoms with Crippen LogP contribution in [0, 0.1) is 5.92 Å². The van der Waals surface area contributed by atoms with Crippen molar-refractivity contribution in [3.63, 3.8) is 0 Å². The number of halogens is 1. The summed E-state index contributed by atoms with van der Waals surface area (Å²) < 4.78 is 23.3. The number of hydrogen-bond acceptors (Lipinski definition) is 6. The number of rotatable bonds is 8. The van der Waals surface area contributed by atoms with Crippen LogP contribution in [0.1, 0.15) is 52.8 Å². The molecule has 4 rings (SSSR count). The summed E-state index contributed by atoms with van der Waals surface area (Å²) in [5.41, 5.74) is 1.09. The van der Waals surface area contributed by atoms with Crippen molar-refractivity contribution in [1.29, 1.82) is 0 Å². The molecule has 7 nitrogen and oxygen atoms in total. The average molecular weight is 467 g/mol. The van der Waals surface area contributed by atoms with Crippen molar-refractivity contribution in [3.8, 4) is 17.2 Å². The van der Waals surface area contributed by atoms with Gasteiger partial charge in [0.1, 0.15) is 12.3 Å². The SMILES string of the molecule is COc1c(NC(=O)C2CCCCC2)c(OCCN2CCCCC2)c(OC)c2occc12.[Cl-].[H+]. The molecule has 32 heavy (non-hydrogen) atoms. The maximum Gasteiger partial charge on any atom is 1.00 e. The van der Waals surface area contributed by atoms with Crippen molar-refractivity contribution in [2.24, 2.45) is 5.92 Å². The van der Waals surface area contributed by atoms with Gasteiger partial charge >= 0.3 is 1.43 Å². The topological polar surface area (TPSA) is 73.2 Å². The number of nitrogens with zero attached hydrogens (tertiary/aromatic N) is 1. The van der Waals surface area contributed by atoms with Crippen LogP contribution in [0.2, 0.25) is 0 Å². The lowest BCUT2D eigenvalue weighted by molar-refractivity contribution is -0.120. The van der Waals surface area contributed by atoms with E-state index in [9.17, 15) is 4.79 Å². The molecule has 2 aliphatic rings. The molecule has 8 heteroatoms. The molecule has 1 N–H and O–H groups in total. The molecule has 0 spiro atoms. The van der Waals surface area contributed by atoms with Gasteiger partial charge in [-0.15, -0.1) is 0 Å². The average Bonchev–Trinajstić information content (AvgIpc) is 3.29. The Morgan fingerprint density at radius 1 is 1.06 bits per heavy atom. The molecule has 0 atom stereocenters. The van der Waals surface area contributed by atoms with Gasteiger partial charge in [0, 0.05) is 12.5 Å². The van der Waals surface area contributed by atoms with Crippen LogP contribution in [0.3, 0.4) is 0 Å². The second-order valence-corrected chi connectivity index (χ2v) is 8.51. The Bertz CT molecular complexity index is 895. The second kappa shape index (κ2) is 11.7. The van der Waals surface area contributed by atoms with Gasteiger partial charge in [-0.3, -0.25) is 9.69 Å². The minimum Gasteiger partial charge on any atom is -1.00 e. The van der Waals surface area contributed by atoms with Crippen molar-refractivity contribution in [2.75, 3.05) is 45.8 Å². The Labute approximate surface area is 197 Å². The Hall–Kier alpha value is -2.12. The number of nitrogens with one attached hydrogen (secondary N) is 1. The molecule has 0 unspecified atom stereocenters. The fourth-order valence-electron chi connectivity index (χ4n) is 4.82. The summed E-state index contributed by atoms with van der Waals surface area (Å²) >= 11 is 0. The molecule has 1 aromatic carbocycles. The number of methoxy groups -OCH3 is 2. The molecule has 1 aliphatic carbocycles. The van der Waals surface area contributed by atoms with E-state index in [0.717, 1.165) is 50.7 Å². The summed E-state index contributed by atoms with van der Waals surface area (Å²) in [4.78, 5) is 15.5. The van der Waals surface area contributed by atoms with Gasteiger partial charge in [0.2, 0.25) is 11.7 Å². The number of fused-ring (bicyclic) bond motifs is 1. The summed E-state index contributed by atoms with van der Waals surface area (Å²) in [6.07, 6.45) is 10.6. The molecule has 0 bridgehead atoms.